The van der Waals surface area contributed by atoms with Gasteiger partial charge >= 0.3 is 0 Å². The number of carbonyl (C=O) groups excluding carboxylic acids is 2. The summed E-state index contributed by atoms with van der Waals surface area (Å²) in [6, 6.07) is 24.5. The maximum absolute atomic E-state index is 12.4. The molecule has 5 nitrogen and oxygen atoms in total. The number of amides is 2. The average Bonchev–Trinajstić information content (AvgIpc) is 2.76. The highest BCUT2D eigenvalue weighted by molar-refractivity contribution is 5.95. The summed E-state index contributed by atoms with van der Waals surface area (Å²) in [6.07, 6.45) is 0.471. The van der Waals surface area contributed by atoms with Crippen molar-refractivity contribution in [1.82, 2.24) is 0 Å². The minimum Gasteiger partial charge on any atom is -0.481 e. The molecule has 0 saturated carbocycles. The van der Waals surface area contributed by atoms with Crippen molar-refractivity contribution in [2.75, 3.05) is 10.6 Å². The predicted molar refractivity (Wildman–Crippen MR) is 120 cm³/mol. The SMILES string of the molecule is Cc1ccccc1O[C@@H](C)C(=O)Nc1ccc(NC(=O)CCc2ccccc2)cc1. The molecule has 0 saturated heterocycles. The number of rotatable bonds is 8. The molecular weight excluding hydrogens is 376 g/mol. The van der Waals surface area contributed by atoms with Gasteiger partial charge in [-0.3, -0.25) is 9.59 Å². The van der Waals surface area contributed by atoms with Gasteiger partial charge in [0.1, 0.15) is 5.75 Å². The van der Waals surface area contributed by atoms with E-state index >= 15 is 0 Å². The second-order valence-electron chi connectivity index (χ2n) is 7.13. The first-order valence-electron chi connectivity index (χ1n) is 9.98. The van der Waals surface area contributed by atoms with Gasteiger partial charge in [-0.2, -0.15) is 0 Å². The first-order valence-corrected chi connectivity index (χ1v) is 9.98. The number of para-hydroxylation sites is 1. The van der Waals surface area contributed by atoms with Gasteiger partial charge in [0.25, 0.3) is 5.91 Å². The van der Waals surface area contributed by atoms with Crippen LogP contribution in [0.5, 0.6) is 5.75 Å². The maximum Gasteiger partial charge on any atom is 0.265 e. The first kappa shape index (κ1) is 21.1. The van der Waals surface area contributed by atoms with E-state index in [2.05, 4.69) is 10.6 Å². The molecule has 0 aliphatic rings. The van der Waals surface area contributed by atoms with Crippen molar-refractivity contribution in [2.45, 2.75) is 32.8 Å². The van der Waals surface area contributed by atoms with Crippen molar-refractivity contribution < 1.29 is 14.3 Å². The number of benzene rings is 3. The summed E-state index contributed by atoms with van der Waals surface area (Å²) in [5, 5.41) is 5.71. The van der Waals surface area contributed by atoms with Gasteiger partial charge in [-0.1, -0.05) is 48.5 Å². The minimum absolute atomic E-state index is 0.0455. The molecule has 0 aliphatic heterocycles. The number of carbonyl (C=O) groups is 2. The first-order chi connectivity index (χ1) is 14.5. The summed E-state index contributed by atoms with van der Waals surface area (Å²) in [7, 11) is 0. The van der Waals surface area contributed by atoms with Gasteiger partial charge in [-0.05, 0) is 61.7 Å². The molecule has 0 radical (unpaired) electrons. The van der Waals surface area contributed by atoms with Crippen molar-refractivity contribution in [2.24, 2.45) is 0 Å². The number of ether oxygens (including phenoxy) is 1. The monoisotopic (exact) mass is 402 g/mol. The van der Waals surface area contributed by atoms with Crippen LogP contribution in [0.1, 0.15) is 24.5 Å². The Labute approximate surface area is 177 Å². The third kappa shape index (κ3) is 6.21. The van der Waals surface area contributed by atoms with Gasteiger partial charge in [0.15, 0.2) is 6.10 Å². The molecule has 0 fully saturated rings. The van der Waals surface area contributed by atoms with Crippen LogP contribution in [0.4, 0.5) is 11.4 Å². The Hall–Kier alpha value is -3.60. The van der Waals surface area contributed by atoms with Crippen LogP contribution in [0.2, 0.25) is 0 Å². The third-order valence-electron chi connectivity index (χ3n) is 4.69. The minimum atomic E-state index is -0.636. The van der Waals surface area contributed by atoms with Crippen molar-refractivity contribution in [3.8, 4) is 5.75 Å². The zero-order valence-corrected chi connectivity index (χ0v) is 17.2. The second kappa shape index (κ2) is 10.3. The highest BCUT2D eigenvalue weighted by Gasteiger charge is 2.15. The molecule has 3 aromatic carbocycles. The molecule has 1 atom stereocenters. The molecule has 5 heteroatoms. The van der Waals surface area contributed by atoms with Gasteiger partial charge in [-0.25, -0.2) is 0 Å². The fourth-order valence-corrected chi connectivity index (χ4v) is 2.94. The Morgan fingerprint density at radius 1 is 0.833 bits per heavy atom. The molecule has 0 bridgehead atoms. The van der Waals surface area contributed by atoms with E-state index in [1.54, 1.807) is 31.2 Å². The van der Waals surface area contributed by atoms with Crippen LogP contribution in [-0.2, 0) is 16.0 Å². The molecule has 3 rings (SSSR count). The van der Waals surface area contributed by atoms with Gasteiger partial charge in [0, 0.05) is 17.8 Å². The van der Waals surface area contributed by atoms with Crippen LogP contribution in [0, 0.1) is 6.92 Å². The van der Waals surface area contributed by atoms with E-state index in [1.807, 2.05) is 61.5 Å². The Bertz CT molecular complexity index is 985. The van der Waals surface area contributed by atoms with Crippen molar-refractivity contribution in [1.29, 1.82) is 0 Å². The van der Waals surface area contributed by atoms with Crippen LogP contribution in [-0.4, -0.2) is 17.9 Å². The maximum atomic E-state index is 12.4. The van der Waals surface area contributed by atoms with Crippen LogP contribution in [0.3, 0.4) is 0 Å². The predicted octanol–water partition coefficient (Wildman–Crippen LogP) is 4.97. The molecule has 0 aliphatic carbocycles. The molecule has 2 N–H and O–H groups in total. The zero-order valence-electron chi connectivity index (χ0n) is 17.2. The average molecular weight is 402 g/mol. The summed E-state index contributed by atoms with van der Waals surface area (Å²) < 4.78 is 5.75. The highest BCUT2D eigenvalue weighted by Crippen LogP contribution is 2.19. The van der Waals surface area contributed by atoms with Crippen LogP contribution >= 0.6 is 0 Å². The smallest absolute Gasteiger partial charge is 0.265 e. The summed E-state index contributed by atoms with van der Waals surface area (Å²) >= 11 is 0. The molecule has 3 aromatic rings. The topological polar surface area (TPSA) is 67.4 Å². The quantitative estimate of drug-likeness (QED) is 0.559. The number of hydrogen-bond donors (Lipinski definition) is 2. The Kier molecular flexibility index (Phi) is 7.22. The summed E-state index contributed by atoms with van der Waals surface area (Å²) in [4.78, 5) is 24.5. The summed E-state index contributed by atoms with van der Waals surface area (Å²) in [5.74, 6) is 0.405. The number of hydrogen-bond acceptors (Lipinski definition) is 3. The molecule has 30 heavy (non-hydrogen) atoms. The van der Waals surface area contributed by atoms with Crippen molar-refractivity contribution >= 4 is 23.2 Å². The fraction of sp³-hybridized carbons (Fsp3) is 0.200. The van der Waals surface area contributed by atoms with E-state index in [9.17, 15) is 9.59 Å². The van der Waals surface area contributed by atoms with Crippen molar-refractivity contribution in [3.63, 3.8) is 0 Å². The van der Waals surface area contributed by atoms with Gasteiger partial charge in [-0.15, -0.1) is 0 Å². The third-order valence-corrected chi connectivity index (χ3v) is 4.69. The molecule has 0 unspecified atom stereocenters. The van der Waals surface area contributed by atoms with Gasteiger partial charge in [0.05, 0.1) is 0 Å². The van der Waals surface area contributed by atoms with Crippen LogP contribution < -0.4 is 15.4 Å². The Morgan fingerprint density at radius 2 is 1.43 bits per heavy atom. The van der Waals surface area contributed by atoms with Gasteiger partial charge in [0.2, 0.25) is 5.91 Å². The Balaban J connectivity index is 1.48. The summed E-state index contributed by atoms with van der Waals surface area (Å²) in [6.45, 7) is 3.65. The van der Waals surface area contributed by atoms with Crippen LogP contribution in [0.15, 0.2) is 78.9 Å². The fourth-order valence-electron chi connectivity index (χ4n) is 2.94. The molecule has 2 amide bonds. The normalized spacial score (nSPS) is 11.4. The zero-order chi connectivity index (χ0) is 21.3. The number of aryl methyl sites for hydroxylation is 2. The van der Waals surface area contributed by atoms with E-state index in [1.165, 1.54) is 0 Å². The largest absolute Gasteiger partial charge is 0.481 e. The van der Waals surface area contributed by atoms with Gasteiger partial charge < -0.3 is 15.4 Å². The molecule has 0 spiro atoms. The van der Waals surface area contributed by atoms with Crippen LogP contribution in [0.25, 0.3) is 0 Å². The number of nitrogens with one attached hydrogen (secondary N) is 2. The Morgan fingerprint density at radius 3 is 2.10 bits per heavy atom. The molecule has 0 aromatic heterocycles. The molecule has 154 valence electrons. The highest BCUT2D eigenvalue weighted by atomic mass is 16.5. The lowest BCUT2D eigenvalue weighted by atomic mass is 10.1. The van der Waals surface area contributed by atoms with E-state index in [0.29, 0.717) is 30.0 Å². The lowest BCUT2D eigenvalue weighted by Crippen LogP contribution is -2.30. The molecule has 0 heterocycles. The van der Waals surface area contributed by atoms with E-state index in [4.69, 9.17) is 4.74 Å². The second-order valence-corrected chi connectivity index (χ2v) is 7.13. The number of anilines is 2. The lowest BCUT2D eigenvalue weighted by molar-refractivity contribution is -0.122. The van der Waals surface area contributed by atoms with E-state index < -0.39 is 6.10 Å². The van der Waals surface area contributed by atoms with E-state index in [0.717, 1.165) is 11.1 Å². The van der Waals surface area contributed by atoms with E-state index in [-0.39, 0.29) is 11.8 Å². The van der Waals surface area contributed by atoms with Crippen molar-refractivity contribution in [3.05, 3.63) is 90.0 Å². The standard InChI is InChI=1S/C25H26N2O3/c1-18-8-6-7-11-23(18)30-19(2)25(29)27-22-15-13-21(14-16-22)26-24(28)17-12-20-9-4-3-5-10-20/h3-11,13-16,19H,12,17H2,1-2H3,(H,26,28)(H,27,29)/t19-/m0/s1. The summed E-state index contributed by atoms with van der Waals surface area (Å²) in [5.41, 5.74) is 3.44. The lowest BCUT2D eigenvalue weighted by Gasteiger charge is -2.16. The molecular formula is C25H26N2O3.